The molecule has 0 bridgehead atoms. The standard InChI is InChI=1S/C12H6FNOS/c13-8-5-7(15)6-11-12(8)14-9-3-1-2-4-10(9)16-11/h1-6H. The summed E-state index contributed by atoms with van der Waals surface area (Å²) in [5.74, 6) is -0.551. The molecule has 1 aliphatic heterocycles. The molecule has 1 aromatic rings. The lowest BCUT2D eigenvalue weighted by Crippen LogP contribution is -2.02. The Morgan fingerprint density at radius 1 is 1.19 bits per heavy atom. The fourth-order valence-corrected chi connectivity index (χ4v) is 2.63. The summed E-state index contributed by atoms with van der Waals surface area (Å²) in [6.45, 7) is 0. The molecule has 16 heavy (non-hydrogen) atoms. The zero-order valence-corrected chi connectivity index (χ0v) is 8.92. The Labute approximate surface area is 94.3 Å². The summed E-state index contributed by atoms with van der Waals surface area (Å²) in [6, 6.07) is 9.87. The summed E-state index contributed by atoms with van der Waals surface area (Å²) < 4.78 is 14.5. The molecular formula is C12H6FNOS. The van der Waals surface area contributed by atoms with Gasteiger partial charge >= 0.3 is 0 Å². The van der Waals surface area contributed by atoms with Gasteiger partial charge in [0.1, 0.15) is 5.69 Å². The van der Waals surface area contributed by atoms with E-state index in [-0.39, 0.29) is 11.1 Å². The topological polar surface area (TPSA) is 30.0 Å². The lowest BCUT2D eigenvalue weighted by Gasteiger charge is -2.05. The van der Waals surface area contributed by atoms with Gasteiger partial charge in [0.15, 0.2) is 11.2 Å². The Morgan fingerprint density at radius 3 is 2.88 bits per heavy atom. The Bertz CT molecular complexity index is 707. The highest BCUT2D eigenvalue weighted by atomic mass is 32.1. The summed E-state index contributed by atoms with van der Waals surface area (Å²) in [4.78, 5) is 16.0. The van der Waals surface area contributed by atoms with Gasteiger partial charge in [-0.25, -0.2) is 9.37 Å². The predicted molar refractivity (Wildman–Crippen MR) is 62.5 cm³/mol. The lowest BCUT2D eigenvalue weighted by molar-refractivity contribution is 0.626. The number of rotatable bonds is 0. The van der Waals surface area contributed by atoms with Crippen molar-refractivity contribution in [3.63, 3.8) is 0 Å². The first-order valence-corrected chi connectivity index (χ1v) is 5.55. The van der Waals surface area contributed by atoms with Crippen molar-refractivity contribution in [2.45, 2.75) is 0 Å². The minimum absolute atomic E-state index is 0.267. The normalized spacial score (nSPS) is 11.1. The first kappa shape index (κ1) is 9.42. The van der Waals surface area contributed by atoms with Gasteiger partial charge in [0.05, 0.1) is 15.1 Å². The Morgan fingerprint density at radius 2 is 2.00 bits per heavy atom. The van der Waals surface area contributed by atoms with E-state index in [4.69, 9.17) is 0 Å². The summed E-state index contributed by atoms with van der Waals surface area (Å²) in [5, 5.41) is 0. The number of nitrogens with zero attached hydrogens (tertiary/aromatic N) is 1. The molecular weight excluding hydrogens is 225 g/mol. The molecule has 1 aliphatic carbocycles. The van der Waals surface area contributed by atoms with Gasteiger partial charge in [-0.15, -0.1) is 11.3 Å². The van der Waals surface area contributed by atoms with E-state index in [9.17, 15) is 9.18 Å². The van der Waals surface area contributed by atoms with Crippen LogP contribution >= 0.6 is 11.3 Å². The van der Waals surface area contributed by atoms with Crippen LogP contribution in [0.4, 0.5) is 4.39 Å². The van der Waals surface area contributed by atoms with E-state index in [0.717, 1.165) is 16.3 Å². The van der Waals surface area contributed by atoms with Crippen LogP contribution in [0.5, 0.6) is 0 Å². The maximum absolute atomic E-state index is 13.5. The maximum Gasteiger partial charge on any atom is 0.183 e. The van der Waals surface area contributed by atoms with Crippen LogP contribution in [0.3, 0.4) is 0 Å². The van der Waals surface area contributed by atoms with Crippen LogP contribution in [0.15, 0.2) is 41.2 Å². The van der Waals surface area contributed by atoms with E-state index in [0.29, 0.717) is 4.88 Å². The summed E-state index contributed by atoms with van der Waals surface area (Å²) in [7, 11) is 0. The molecule has 0 amide bonds. The molecule has 0 fully saturated rings. The van der Waals surface area contributed by atoms with Crippen molar-refractivity contribution in [2.24, 2.45) is 0 Å². The molecule has 1 aromatic carbocycles. The number of hydrogen-bond donors (Lipinski definition) is 0. The minimum Gasteiger partial charge on any atom is -0.290 e. The second-order valence-electron chi connectivity index (χ2n) is 3.43. The fraction of sp³-hybridized carbons (Fsp3) is 0. The summed E-state index contributed by atoms with van der Waals surface area (Å²) in [5.41, 5.74) is 0.694. The molecule has 1 heterocycles. The third-order valence-corrected chi connectivity index (χ3v) is 3.42. The van der Waals surface area contributed by atoms with Crippen molar-refractivity contribution >= 4 is 21.6 Å². The molecule has 0 unspecified atom stereocenters. The second-order valence-corrected chi connectivity index (χ2v) is 4.52. The van der Waals surface area contributed by atoms with Gasteiger partial charge in [0.2, 0.25) is 0 Å². The molecule has 0 radical (unpaired) electrons. The molecule has 4 heteroatoms. The molecule has 0 N–H and O–H groups in total. The SMILES string of the molecule is O=c1cc2sc3ccccc3nc-2c(F)c1. The first-order valence-electron chi connectivity index (χ1n) is 4.73. The van der Waals surface area contributed by atoms with Crippen LogP contribution in [-0.2, 0) is 0 Å². The van der Waals surface area contributed by atoms with E-state index < -0.39 is 5.82 Å². The van der Waals surface area contributed by atoms with Crippen LogP contribution in [0.25, 0.3) is 20.8 Å². The molecule has 0 saturated heterocycles. The first-order chi connectivity index (χ1) is 7.74. The number of hydrogen-bond acceptors (Lipinski definition) is 3. The monoisotopic (exact) mass is 231 g/mol. The maximum atomic E-state index is 13.5. The smallest absolute Gasteiger partial charge is 0.183 e. The molecule has 0 aromatic heterocycles. The van der Waals surface area contributed by atoms with Crippen LogP contribution in [0.2, 0.25) is 0 Å². The van der Waals surface area contributed by atoms with Crippen molar-refractivity contribution in [2.75, 3.05) is 0 Å². The average molecular weight is 231 g/mol. The third-order valence-electron chi connectivity index (χ3n) is 2.32. The molecule has 2 nitrogen and oxygen atoms in total. The summed E-state index contributed by atoms with van der Waals surface area (Å²) in [6.07, 6.45) is 0. The van der Waals surface area contributed by atoms with Gasteiger partial charge in [-0.2, -0.15) is 0 Å². The highest BCUT2D eigenvalue weighted by Gasteiger charge is 2.12. The number of benzene rings is 2. The Hall–Kier alpha value is -1.81. The predicted octanol–water partition coefficient (Wildman–Crippen LogP) is 2.90. The van der Waals surface area contributed by atoms with Crippen molar-refractivity contribution in [1.29, 1.82) is 0 Å². The van der Waals surface area contributed by atoms with Gasteiger partial charge in [0.25, 0.3) is 0 Å². The molecule has 0 saturated carbocycles. The van der Waals surface area contributed by atoms with E-state index in [1.165, 1.54) is 17.4 Å². The number of halogens is 1. The van der Waals surface area contributed by atoms with E-state index in [2.05, 4.69) is 4.98 Å². The largest absolute Gasteiger partial charge is 0.290 e. The van der Waals surface area contributed by atoms with Crippen molar-refractivity contribution < 1.29 is 4.39 Å². The van der Waals surface area contributed by atoms with Crippen LogP contribution in [0.1, 0.15) is 0 Å². The van der Waals surface area contributed by atoms with Crippen LogP contribution in [0, 0.1) is 5.82 Å². The van der Waals surface area contributed by atoms with Gasteiger partial charge in [-0.3, -0.25) is 4.79 Å². The number of aromatic nitrogens is 1. The third kappa shape index (κ3) is 1.39. The Balaban J connectivity index is 2.52. The highest BCUT2D eigenvalue weighted by molar-refractivity contribution is 7.21. The quantitative estimate of drug-likeness (QED) is 0.557. The minimum atomic E-state index is -0.551. The molecule has 3 rings (SSSR count). The number of para-hydroxylation sites is 1. The van der Waals surface area contributed by atoms with E-state index in [1.54, 1.807) is 0 Å². The Kier molecular flexibility index (Phi) is 1.97. The van der Waals surface area contributed by atoms with Crippen LogP contribution in [-0.4, -0.2) is 4.98 Å². The molecule has 2 aliphatic rings. The molecule has 78 valence electrons. The van der Waals surface area contributed by atoms with Gasteiger partial charge in [0, 0.05) is 12.1 Å². The molecule has 0 spiro atoms. The van der Waals surface area contributed by atoms with Gasteiger partial charge in [-0.05, 0) is 12.1 Å². The van der Waals surface area contributed by atoms with Gasteiger partial charge < -0.3 is 0 Å². The van der Waals surface area contributed by atoms with Crippen molar-refractivity contribution in [3.05, 3.63) is 52.4 Å². The van der Waals surface area contributed by atoms with E-state index in [1.807, 2.05) is 24.3 Å². The fourth-order valence-electron chi connectivity index (χ4n) is 1.61. The van der Waals surface area contributed by atoms with Crippen LogP contribution < -0.4 is 5.43 Å². The average Bonchev–Trinajstić information content (AvgIpc) is 2.27. The highest BCUT2D eigenvalue weighted by Crippen LogP contribution is 2.30. The van der Waals surface area contributed by atoms with E-state index >= 15 is 0 Å². The molecule has 0 atom stereocenters. The van der Waals surface area contributed by atoms with Crippen molar-refractivity contribution in [1.82, 2.24) is 4.98 Å². The lowest BCUT2D eigenvalue weighted by atomic mass is 10.2. The zero-order valence-electron chi connectivity index (χ0n) is 8.11. The summed E-state index contributed by atoms with van der Waals surface area (Å²) >= 11 is 1.38. The van der Waals surface area contributed by atoms with Crippen molar-refractivity contribution in [3.8, 4) is 10.6 Å². The second kappa shape index (κ2) is 3.35. The zero-order chi connectivity index (χ0) is 11.1. The number of fused-ring (bicyclic) bond motifs is 2. The van der Waals surface area contributed by atoms with Gasteiger partial charge in [-0.1, -0.05) is 12.1 Å².